The third-order valence-electron chi connectivity index (χ3n) is 4.11. The summed E-state index contributed by atoms with van der Waals surface area (Å²) in [4.78, 5) is 6.78. The van der Waals surface area contributed by atoms with Gasteiger partial charge in [0, 0.05) is 30.4 Å². The molecule has 0 atom stereocenters. The molecule has 106 valence electrons. The molecular formula is C16H21N3O. The summed E-state index contributed by atoms with van der Waals surface area (Å²) in [6.07, 6.45) is 3.61. The molecule has 0 saturated heterocycles. The first-order valence-electron chi connectivity index (χ1n) is 7.12. The quantitative estimate of drug-likeness (QED) is 0.835. The van der Waals surface area contributed by atoms with Crippen molar-refractivity contribution in [3.8, 4) is 0 Å². The lowest BCUT2D eigenvalue weighted by molar-refractivity contribution is 0.0274. The number of anilines is 1. The van der Waals surface area contributed by atoms with Gasteiger partial charge in [0.15, 0.2) is 0 Å². The lowest BCUT2D eigenvalue weighted by Gasteiger charge is -2.34. The average Bonchev–Trinajstić information content (AvgIpc) is 2.41. The van der Waals surface area contributed by atoms with Gasteiger partial charge >= 0.3 is 0 Å². The maximum atomic E-state index is 9.35. The van der Waals surface area contributed by atoms with Gasteiger partial charge in [-0.25, -0.2) is 0 Å². The van der Waals surface area contributed by atoms with E-state index in [1.807, 2.05) is 24.4 Å². The molecule has 0 bridgehead atoms. The smallest absolute Gasteiger partial charge is 0.0767 e. The number of aliphatic hydroxyl groups is 1. The van der Waals surface area contributed by atoms with Crippen LogP contribution in [0, 0.1) is 5.92 Å². The second-order valence-electron chi connectivity index (χ2n) is 5.90. The van der Waals surface area contributed by atoms with Crippen LogP contribution in [0.5, 0.6) is 0 Å². The van der Waals surface area contributed by atoms with Crippen molar-refractivity contribution in [2.24, 2.45) is 5.92 Å². The molecule has 2 aromatic rings. The number of pyridine rings is 1. The first kappa shape index (κ1) is 13.3. The number of nitrogens with two attached hydrogens (primary N) is 1. The maximum absolute atomic E-state index is 9.35. The molecule has 0 amide bonds. The molecule has 0 spiro atoms. The molecule has 1 aliphatic carbocycles. The molecule has 1 aliphatic rings. The second kappa shape index (κ2) is 5.38. The molecule has 0 aliphatic heterocycles. The van der Waals surface area contributed by atoms with Crippen molar-refractivity contribution in [2.45, 2.75) is 25.5 Å². The summed E-state index contributed by atoms with van der Waals surface area (Å²) in [5, 5.41) is 10.4. The van der Waals surface area contributed by atoms with Gasteiger partial charge in [-0.05, 0) is 49.6 Å². The fourth-order valence-electron chi connectivity index (χ4n) is 3.03. The molecule has 1 heterocycles. The van der Waals surface area contributed by atoms with E-state index in [1.54, 1.807) is 0 Å². The predicted molar refractivity (Wildman–Crippen MR) is 81.2 cm³/mol. The number of hydrogen-bond donors (Lipinski definition) is 2. The Morgan fingerprint density at radius 2 is 2.15 bits per heavy atom. The van der Waals surface area contributed by atoms with E-state index < -0.39 is 0 Å². The molecule has 0 radical (unpaired) electrons. The molecule has 1 saturated carbocycles. The lowest BCUT2D eigenvalue weighted by Crippen LogP contribution is -2.36. The Morgan fingerprint density at radius 1 is 1.35 bits per heavy atom. The Kier molecular flexibility index (Phi) is 3.59. The second-order valence-corrected chi connectivity index (χ2v) is 5.90. The Bertz CT molecular complexity index is 608. The Morgan fingerprint density at radius 3 is 2.90 bits per heavy atom. The molecule has 0 unspecified atom stereocenters. The third kappa shape index (κ3) is 2.62. The van der Waals surface area contributed by atoms with Crippen molar-refractivity contribution >= 4 is 16.6 Å². The summed E-state index contributed by atoms with van der Waals surface area (Å²) >= 11 is 0. The van der Waals surface area contributed by atoms with E-state index in [2.05, 4.69) is 23.0 Å². The molecule has 3 N–H and O–H groups in total. The van der Waals surface area contributed by atoms with Gasteiger partial charge in [-0.15, -0.1) is 0 Å². The van der Waals surface area contributed by atoms with Crippen LogP contribution in [0.3, 0.4) is 0 Å². The molecule has 1 aromatic heterocycles. The SMILES string of the molecule is CN(Cc1ccc(N)c2cccnc12)CC1CC(O)C1. The van der Waals surface area contributed by atoms with Crippen LogP contribution in [0.2, 0.25) is 0 Å². The molecule has 4 heteroatoms. The summed E-state index contributed by atoms with van der Waals surface area (Å²) in [6.45, 7) is 1.89. The van der Waals surface area contributed by atoms with Crippen molar-refractivity contribution in [3.05, 3.63) is 36.0 Å². The van der Waals surface area contributed by atoms with Gasteiger partial charge in [0.2, 0.25) is 0 Å². The standard InChI is InChI=1S/C16H21N3O/c1-19(9-11-7-13(20)8-11)10-12-4-5-15(17)14-3-2-6-18-16(12)14/h2-6,11,13,20H,7-10,17H2,1H3. The van der Waals surface area contributed by atoms with Gasteiger partial charge < -0.3 is 15.7 Å². The topological polar surface area (TPSA) is 62.4 Å². The van der Waals surface area contributed by atoms with Crippen molar-refractivity contribution in [1.82, 2.24) is 9.88 Å². The van der Waals surface area contributed by atoms with Crippen LogP contribution >= 0.6 is 0 Å². The molecular weight excluding hydrogens is 250 g/mol. The predicted octanol–water partition coefficient (Wildman–Crippen LogP) is 2.02. The van der Waals surface area contributed by atoms with Crippen LogP contribution in [0.15, 0.2) is 30.5 Å². The van der Waals surface area contributed by atoms with Crippen LogP contribution in [-0.4, -0.2) is 34.7 Å². The summed E-state index contributed by atoms with van der Waals surface area (Å²) in [5.41, 5.74) is 8.98. The highest BCUT2D eigenvalue weighted by molar-refractivity contribution is 5.92. The van der Waals surface area contributed by atoms with Crippen molar-refractivity contribution < 1.29 is 5.11 Å². The van der Waals surface area contributed by atoms with Gasteiger partial charge in [-0.1, -0.05) is 6.07 Å². The van der Waals surface area contributed by atoms with E-state index in [-0.39, 0.29) is 6.10 Å². The number of nitrogens with zero attached hydrogens (tertiary/aromatic N) is 2. The van der Waals surface area contributed by atoms with Crippen LogP contribution in [0.4, 0.5) is 5.69 Å². The van der Waals surface area contributed by atoms with Crippen molar-refractivity contribution in [3.63, 3.8) is 0 Å². The zero-order valence-corrected chi connectivity index (χ0v) is 11.8. The monoisotopic (exact) mass is 271 g/mol. The summed E-state index contributed by atoms with van der Waals surface area (Å²) in [6, 6.07) is 7.96. The Balaban J connectivity index is 1.75. The maximum Gasteiger partial charge on any atom is 0.0767 e. The van der Waals surface area contributed by atoms with Gasteiger partial charge in [-0.2, -0.15) is 0 Å². The zero-order valence-electron chi connectivity index (χ0n) is 11.8. The van der Waals surface area contributed by atoms with E-state index in [0.29, 0.717) is 5.92 Å². The van der Waals surface area contributed by atoms with Crippen LogP contribution in [0.1, 0.15) is 18.4 Å². The fraction of sp³-hybridized carbons (Fsp3) is 0.438. The van der Waals surface area contributed by atoms with Gasteiger partial charge in [0.1, 0.15) is 0 Å². The highest BCUT2D eigenvalue weighted by Crippen LogP contribution is 2.29. The van der Waals surface area contributed by atoms with Gasteiger partial charge in [-0.3, -0.25) is 4.98 Å². The lowest BCUT2D eigenvalue weighted by atomic mass is 9.82. The first-order chi connectivity index (χ1) is 9.63. The average molecular weight is 271 g/mol. The molecule has 4 nitrogen and oxygen atoms in total. The third-order valence-corrected chi connectivity index (χ3v) is 4.11. The zero-order chi connectivity index (χ0) is 14.1. The van der Waals surface area contributed by atoms with E-state index in [0.717, 1.165) is 42.5 Å². The van der Waals surface area contributed by atoms with Crippen molar-refractivity contribution in [2.75, 3.05) is 19.3 Å². The number of fused-ring (bicyclic) bond motifs is 1. The minimum Gasteiger partial charge on any atom is -0.398 e. The normalized spacial score (nSPS) is 22.1. The highest BCUT2D eigenvalue weighted by atomic mass is 16.3. The Hall–Kier alpha value is -1.65. The number of hydrogen-bond acceptors (Lipinski definition) is 4. The van der Waals surface area contributed by atoms with Gasteiger partial charge in [0.25, 0.3) is 0 Å². The van der Waals surface area contributed by atoms with E-state index >= 15 is 0 Å². The number of benzene rings is 1. The molecule has 3 rings (SSSR count). The van der Waals surface area contributed by atoms with Crippen molar-refractivity contribution in [1.29, 1.82) is 0 Å². The van der Waals surface area contributed by atoms with Crippen LogP contribution in [0.25, 0.3) is 10.9 Å². The number of aliphatic hydroxyl groups excluding tert-OH is 1. The van der Waals surface area contributed by atoms with Crippen LogP contribution in [-0.2, 0) is 6.54 Å². The minimum absolute atomic E-state index is 0.0765. The van der Waals surface area contributed by atoms with Gasteiger partial charge in [0.05, 0.1) is 11.6 Å². The Labute approximate surface area is 119 Å². The first-order valence-corrected chi connectivity index (χ1v) is 7.12. The highest BCUT2D eigenvalue weighted by Gasteiger charge is 2.27. The molecule has 20 heavy (non-hydrogen) atoms. The molecule has 1 fully saturated rings. The van der Waals surface area contributed by atoms with E-state index in [4.69, 9.17) is 5.73 Å². The van der Waals surface area contributed by atoms with Crippen LogP contribution < -0.4 is 5.73 Å². The fourth-order valence-corrected chi connectivity index (χ4v) is 3.03. The number of rotatable bonds is 4. The largest absolute Gasteiger partial charge is 0.398 e. The summed E-state index contributed by atoms with van der Waals surface area (Å²) in [5.74, 6) is 0.628. The van der Waals surface area contributed by atoms with E-state index in [9.17, 15) is 5.11 Å². The summed E-state index contributed by atoms with van der Waals surface area (Å²) in [7, 11) is 2.12. The minimum atomic E-state index is -0.0765. The van der Waals surface area contributed by atoms with E-state index in [1.165, 1.54) is 5.56 Å². The number of aromatic nitrogens is 1. The summed E-state index contributed by atoms with van der Waals surface area (Å²) < 4.78 is 0. The molecule has 1 aromatic carbocycles. The number of nitrogen functional groups attached to an aromatic ring is 1.